The number of nitrogens with two attached hydrogens (primary N) is 1. The number of hydrogen-bond acceptors (Lipinski definition) is 2. The molecule has 0 aliphatic rings. The van der Waals surface area contributed by atoms with Crippen molar-refractivity contribution < 1.29 is 0 Å². The molecule has 0 amide bonds. The third-order valence-electron chi connectivity index (χ3n) is 4.63. The van der Waals surface area contributed by atoms with E-state index in [0.29, 0.717) is 0 Å². The minimum absolute atomic E-state index is 0.201. The van der Waals surface area contributed by atoms with E-state index in [0.717, 1.165) is 13.0 Å². The molecule has 0 heterocycles. The first-order chi connectivity index (χ1) is 10.8. The molecule has 0 aromatic rings. The summed E-state index contributed by atoms with van der Waals surface area (Å²) < 4.78 is 0. The van der Waals surface area contributed by atoms with Gasteiger partial charge in [0, 0.05) is 0 Å². The molecule has 0 aromatic heterocycles. The SMILES string of the molecule is CCCCCCCCCCCCCCCCCNC(N)CC. The Hall–Kier alpha value is -0.0800. The van der Waals surface area contributed by atoms with Crippen LogP contribution in [0.4, 0.5) is 0 Å². The van der Waals surface area contributed by atoms with Crippen LogP contribution >= 0.6 is 0 Å². The van der Waals surface area contributed by atoms with E-state index in [1.165, 1.54) is 96.3 Å². The van der Waals surface area contributed by atoms with Crippen molar-refractivity contribution in [1.29, 1.82) is 0 Å². The molecule has 0 bridgehead atoms. The molecule has 0 rings (SSSR count). The lowest BCUT2D eigenvalue weighted by atomic mass is 10.0. The predicted molar refractivity (Wildman–Crippen MR) is 101 cm³/mol. The van der Waals surface area contributed by atoms with Gasteiger partial charge >= 0.3 is 0 Å². The van der Waals surface area contributed by atoms with E-state index in [2.05, 4.69) is 19.2 Å². The first-order valence-corrected chi connectivity index (χ1v) is 10.3. The van der Waals surface area contributed by atoms with E-state index >= 15 is 0 Å². The fourth-order valence-corrected chi connectivity index (χ4v) is 2.93. The Morgan fingerprint density at radius 3 is 1.32 bits per heavy atom. The second-order valence-electron chi connectivity index (χ2n) is 6.92. The van der Waals surface area contributed by atoms with Gasteiger partial charge in [-0.2, -0.15) is 0 Å². The first-order valence-electron chi connectivity index (χ1n) is 10.3. The molecule has 2 heteroatoms. The van der Waals surface area contributed by atoms with Crippen LogP contribution < -0.4 is 11.1 Å². The highest BCUT2D eigenvalue weighted by molar-refractivity contribution is 4.56. The van der Waals surface area contributed by atoms with Crippen LogP contribution in [0, 0.1) is 0 Å². The standard InChI is InChI=1S/C20H44N2/c1-3-5-6-7-8-9-10-11-12-13-14-15-16-17-18-19-22-20(21)4-2/h20,22H,3-19,21H2,1-2H3. The fraction of sp³-hybridized carbons (Fsp3) is 1.00. The van der Waals surface area contributed by atoms with E-state index in [4.69, 9.17) is 5.73 Å². The predicted octanol–water partition coefficient (Wildman–Crippen LogP) is 6.14. The Morgan fingerprint density at radius 1 is 0.591 bits per heavy atom. The van der Waals surface area contributed by atoms with E-state index in [1.807, 2.05) is 0 Å². The van der Waals surface area contributed by atoms with E-state index in [1.54, 1.807) is 0 Å². The molecule has 0 spiro atoms. The van der Waals surface area contributed by atoms with Crippen molar-refractivity contribution in [2.24, 2.45) is 5.73 Å². The summed E-state index contributed by atoms with van der Waals surface area (Å²) in [5.41, 5.74) is 5.82. The average molecular weight is 313 g/mol. The van der Waals surface area contributed by atoms with Gasteiger partial charge in [-0.25, -0.2) is 0 Å². The maximum absolute atomic E-state index is 5.82. The van der Waals surface area contributed by atoms with Crippen LogP contribution in [0.25, 0.3) is 0 Å². The Balaban J connectivity index is 2.97. The minimum Gasteiger partial charge on any atom is -0.316 e. The highest BCUT2D eigenvalue weighted by atomic mass is 15.0. The summed E-state index contributed by atoms with van der Waals surface area (Å²) >= 11 is 0. The Labute approximate surface area is 141 Å². The monoisotopic (exact) mass is 312 g/mol. The van der Waals surface area contributed by atoms with Crippen LogP contribution in [-0.4, -0.2) is 12.7 Å². The zero-order chi connectivity index (χ0) is 16.3. The zero-order valence-electron chi connectivity index (χ0n) is 15.7. The third-order valence-corrected chi connectivity index (χ3v) is 4.63. The van der Waals surface area contributed by atoms with Gasteiger partial charge in [-0.05, 0) is 19.4 Å². The molecular weight excluding hydrogens is 268 g/mol. The minimum atomic E-state index is 0.201. The Morgan fingerprint density at radius 2 is 0.955 bits per heavy atom. The van der Waals surface area contributed by atoms with Crippen LogP contribution in [0.15, 0.2) is 0 Å². The van der Waals surface area contributed by atoms with Crippen molar-refractivity contribution in [3.63, 3.8) is 0 Å². The first kappa shape index (κ1) is 21.9. The van der Waals surface area contributed by atoms with Crippen LogP contribution in [0.1, 0.15) is 117 Å². The van der Waals surface area contributed by atoms with Gasteiger partial charge in [-0.15, -0.1) is 0 Å². The second kappa shape index (κ2) is 19.0. The third kappa shape index (κ3) is 18.0. The van der Waals surface area contributed by atoms with Crippen LogP contribution in [0.2, 0.25) is 0 Å². The van der Waals surface area contributed by atoms with Crippen LogP contribution in [-0.2, 0) is 0 Å². The second-order valence-corrected chi connectivity index (χ2v) is 6.92. The Bertz CT molecular complexity index is 194. The molecule has 0 aliphatic heterocycles. The average Bonchev–Trinajstić information content (AvgIpc) is 2.54. The van der Waals surface area contributed by atoms with Crippen molar-refractivity contribution in [2.45, 2.75) is 123 Å². The van der Waals surface area contributed by atoms with E-state index in [9.17, 15) is 0 Å². The van der Waals surface area contributed by atoms with Crippen LogP contribution in [0.3, 0.4) is 0 Å². The topological polar surface area (TPSA) is 38.0 Å². The summed E-state index contributed by atoms with van der Waals surface area (Å²) in [4.78, 5) is 0. The molecule has 0 saturated heterocycles. The maximum Gasteiger partial charge on any atom is 0.0543 e. The summed E-state index contributed by atoms with van der Waals surface area (Å²) in [6.07, 6.45) is 22.6. The van der Waals surface area contributed by atoms with Crippen molar-refractivity contribution in [3.8, 4) is 0 Å². The molecule has 2 nitrogen and oxygen atoms in total. The lowest BCUT2D eigenvalue weighted by Crippen LogP contribution is -2.37. The fourth-order valence-electron chi connectivity index (χ4n) is 2.93. The number of hydrogen-bond donors (Lipinski definition) is 2. The largest absolute Gasteiger partial charge is 0.316 e. The van der Waals surface area contributed by atoms with Gasteiger partial charge < -0.3 is 11.1 Å². The number of unbranched alkanes of at least 4 members (excludes halogenated alkanes) is 14. The van der Waals surface area contributed by atoms with Gasteiger partial charge in [0.05, 0.1) is 6.17 Å². The lowest BCUT2D eigenvalue weighted by Gasteiger charge is -2.10. The summed E-state index contributed by atoms with van der Waals surface area (Å²) in [5.74, 6) is 0. The number of nitrogens with one attached hydrogen (secondary N) is 1. The summed E-state index contributed by atoms with van der Waals surface area (Å²) in [6.45, 7) is 5.51. The quantitative estimate of drug-likeness (QED) is 0.235. The van der Waals surface area contributed by atoms with Crippen molar-refractivity contribution in [3.05, 3.63) is 0 Å². The summed E-state index contributed by atoms with van der Waals surface area (Å²) in [7, 11) is 0. The van der Waals surface area contributed by atoms with Gasteiger partial charge in [-0.1, -0.05) is 104 Å². The van der Waals surface area contributed by atoms with Crippen LogP contribution in [0.5, 0.6) is 0 Å². The van der Waals surface area contributed by atoms with Gasteiger partial charge in [0.1, 0.15) is 0 Å². The normalized spacial score (nSPS) is 12.7. The summed E-state index contributed by atoms with van der Waals surface area (Å²) in [5, 5.41) is 3.36. The summed E-state index contributed by atoms with van der Waals surface area (Å²) in [6, 6.07) is 0. The molecule has 0 fully saturated rings. The van der Waals surface area contributed by atoms with Crippen molar-refractivity contribution in [2.75, 3.05) is 6.54 Å². The Kier molecular flexibility index (Phi) is 18.9. The maximum atomic E-state index is 5.82. The lowest BCUT2D eigenvalue weighted by molar-refractivity contribution is 0.486. The molecular formula is C20H44N2. The smallest absolute Gasteiger partial charge is 0.0543 e. The van der Waals surface area contributed by atoms with E-state index in [-0.39, 0.29) is 6.17 Å². The van der Waals surface area contributed by atoms with Gasteiger partial charge in [0.15, 0.2) is 0 Å². The van der Waals surface area contributed by atoms with Gasteiger partial charge in [-0.3, -0.25) is 0 Å². The molecule has 0 radical (unpaired) electrons. The molecule has 0 aromatic carbocycles. The van der Waals surface area contributed by atoms with Crippen molar-refractivity contribution in [1.82, 2.24) is 5.32 Å². The molecule has 1 atom stereocenters. The molecule has 0 aliphatic carbocycles. The van der Waals surface area contributed by atoms with Gasteiger partial charge in [0.2, 0.25) is 0 Å². The molecule has 1 unspecified atom stereocenters. The van der Waals surface area contributed by atoms with E-state index < -0.39 is 0 Å². The molecule has 0 saturated carbocycles. The zero-order valence-corrected chi connectivity index (χ0v) is 15.7. The van der Waals surface area contributed by atoms with Crippen molar-refractivity contribution >= 4 is 0 Å². The highest BCUT2D eigenvalue weighted by Gasteiger charge is 1.97. The molecule has 134 valence electrons. The number of rotatable bonds is 18. The highest BCUT2D eigenvalue weighted by Crippen LogP contribution is 2.13. The van der Waals surface area contributed by atoms with Gasteiger partial charge in [0.25, 0.3) is 0 Å². The molecule has 22 heavy (non-hydrogen) atoms. The molecule has 3 N–H and O–H groups in total.